The van der Waals surface area contributed by atoms with Crippen LogP contribution in [0.15, 0.2) is 30.3 Å². The van der Waals surface area contributed by atoms with Crippen LogP contribution >= 0.6 is 17.0 Å². The predicted molar refractivity (Wildman–Crippen MR) is 70.6 cm³/mol. The van der Waals surface area contributed by atoms with E-state index in [1.54, 1.807) is 0 Å². The average molecular weight is 285 g/mol. The number of piperidine rings is 1. The van der Waals surface area contributed by atoms with Gasteiger partial charge in [0.25, 0.3) is 0 Å². The first-order valence-electron chi connectivity index (χ1n) is 5.57. The second-order valence-corrected chi connectivity index (χ2v) is 4.75. The van der Waals surface area contributed by atoms with Crippen molar-refractivity contribution >= 4 is 22.8 Å². The van der Waals surface area contributed by atoms with E-state index >= 15 is 0 Å². The zero-order valence-electron chi connectivity index (χ0n) is 9.69. The molecule has 0 spiro atoms. The van der Waals surface area contributed by atoms with Crippen molar-refractivity contribution in [1.82, 2.24) is 0 Å². The van der Waals surface area contributed by atoms with Crippen LogP contribution < -0.4 is 0 Å². The van der Waals surface area contributed by atoms with Crippen molar-refractivity contribution in [2.75, 3.05) is 20.1 Å². The minimum Gasteiger partial charge on any atom is -0.322 e. The van der Waals surface area contributed by atoms with Crippen molar-refractivity contribution in [2.45, 2.75) is 19.4 Å². The van der Waals surface area contributed by atoms with E-state index in [2.05, 4.69) is 31.3 Å². The van der Waals surface area contributed by atoms with Crippen LogP contribution in [0.2, 0.25) is 0 Å². The average Bonchev–Trinajstić information content (AvgIpc) is 2.24. The van der Waals surface area contributed by atoms with Gasteiger partial charge < -0.3 is 4.48 Å². The number of Topliss-reactive ketones (excluding diaryl/α,β-unsaturated/α-hetero) is 1. The van der Waals surface area contributed by atoms with Crippen LogP contribution in [0.1, 0.15) is 18.4 Å². The molecule has 3 heteroatoms. The number of ketones is 1. The normalized spacial score (nSPS) is 18.9. The lowest BCUT2D eigenvalue weighted by atomic mass is 10.1. The molecule has 2 nitrogen and oxygen atoms in total. The van der Waals surface area contributed by atoms with Crippen molar-refractivity contribution in [1.29, 1.82) is 0 Å². The molecule has 1 saturated heterocycles. The maximum absolute atomic E-state index is 11.2. The molecule has 16 heavy (non-hydrogen) atoms. The third kappa shape index (κ3) is 3.42. The summed E-state index contributed by atoms with van der Waals surface area (Å²) in [6, 6.07) is 10.5. The monoisotopic (exact) mass is 284 g/mol. The summed E-state index contributed by atoms with van der Waals surface area (Å²) < 4.78 is 1.01. The third-order valence-corrected chi connectivity index (χ3v) is 3.27. The molecule has 0 amide bonds. The highest BCUT2D eigenvalue weighted by molar-refractivity contribution is 8.93. The Bertz CT molecular complexity index is 340. The molecule has 0 radical (unpaired) electrons. The van der Waals surface area contributed by atoms with Crippen LogP contribution in [0.25, 0.3) is 0 Å². The van der Waals surface area contributed by atoms with Gasteiger partial charge in [-0.15, -0.1) is 17.0 Å². The van der Waals surface area contributed by atoms with Gasteiger partial charge in [-0.3, -0.25) is 4.79 Å². The number of quaternary nitrogens is 1. The van der Waals surface area contributed by atoms with Gasteiger partial charge in [0.15, 0.2) is 0 Å². The van der Waals surface area contributed by atoms with Gasteiger partial charge in [0.05, 0.1) is 33.0 Å². The Balaban J connectivity index is 0.00000128. The van der Waals surface area contributed by atoms with Crippen molar-refractivity contribution in [2.24, 2.45) is 0 Å². The van der Waals surface area contributed by atoms with Crippen LogP contribution in [0.4, 0.5) is 0 Å². The van der Waals surface area contributed by atoms with Crippen molar-refractivity contribution in [3.63, 3.8) is 0 Å². The summed E-state index contributed by atoms with van der Waals surface area (Å²) >= 11 is 0. The van der Waals surface area contributed by atoms with Crippen molar-refractivity contribution in [3.8, 4) is 0 Å². The molecule has 1 aliphatic rings. The Morgan fingerprint density at radius 1 is 1.12 bits per heavy atom. The van der Waals surface area contributed by atoms with Crippen LogP contribution in [-0.2, 0) is 11.3 Å². The van der Waals surface area contributed by atoms with E-state index in [4.69, 9.17) is 0 Å². The number of benzene rings is 1. The predicted octanol–water partition coefficient (Wildman–Crippen LogP) is 2.57. The molecule has 1 aromatic rings. The van der Waals surface area contributed by atoms with Gasteiger partial charge in [0.2, 0.25) is 0 Å². The van der Waals surface area contributed by atoms with Crippen LogP contribution in [-0.4, -0.2) is 30.4 Å². The summed E-state index contributed by atoms with van der Waals surface area (Å²) in [5.74, 6) is 0.429. The van der Waals surface area contributed by atoms with Crippen molar-refractivity contribution in [3.05, 3.63) is 35.9 Å². The summed E-state index contributed by atoms with van der Waals surface area (Å²) in [6.45, 7) is 3.04. The fourth-order valence-corrected chi connectivity index (χ4v) is 2.21. The molecule has 2 rings (SSSR count). The van der Waals surface area contributed by atoms with E-state index in [0.29, 0.717) is 5.78 Å². The van der Waals surface area contributed by atoms with Crippen LogP contribution in [0, 0.1) is 0 Å². The minimum atomic E-state index is 0. The van der Waals surface area contributed by atoms with E-state index in [9.17, 15) is 4.79 Å². The maximum atomic E-state index is 11.2. The maximum Gasteiger partial charge on any atom is 0.144 e. The van der Waals surface area contributed by atoms with Gasteiger partial charge in [-0.1, -0.05) is 30.3 Å². The number of carbonyl (C=O) groups excluding carboxylic acids is 1. The number of halogens is 1. The third-order valence-electron chi connectivity index (χ3n) is 3.27. The minimum absolute atomic E-state index is 0. The van der Waals surface area contributed by atoms with E-state index in [-0.39, 0.29) is 17.0 Å². The molecule has 88 valence electrons. The molecule has 0 aliphatic carbocycles. The van der Waals surface area contributed by atoms with E-state index in [1.807, 2.05) is 6.07 Å². The summed E-state index contributed by atoms with van der Waals surface area (Å²) in [6.07, 6.45) is 1.51. The first kappa shape index (κ1) is 13.4. The number of rotatable bonds is 2. The number of likely N-dealkylation sites (tertiary alicyclic amines) is 1. The topological polar surface area (TPSA) is 17.1 Å². The Hall–Kier alpha value is -0.670. The van der Waals surface area contributed by atoms with Crippen molar-refractivity contribution < 1.29 is 9.28 Å². The standard InChI is InChI=1S/C13H18NO.BrH/c1-14(9-7-13(15)8-10-14)11-12-5-3-2-4-6-12;/h2-6H,7-11H2,1H3;1H/q+1;. The fraction of sp³-hybridized carbons (Fsp3) is 0.462. The lowest BCUT2D eigenvalue weighted by Gasteiger charge is -2.37. The number of carbonyl (C=O) groups is 1. The Kier molecular flexibility index (Phi) is 4.69. The van der Waals surface area contributed by atoms with Gasteiger partial charge >= 0.3 is 0 Å². The second kappa shape index (κ2) is 5.60. The summed E-state index contributed by atoms with van der Waals surface area (Å²) in [7, 11) is 2.25. The largest absolute Gasteiger partial charge is 0.322 e. The highest BCUT2D eigenvalue weighted by Gasteiger charge is 2.28. The molecular weight excluding hydrogens is 266 g/mol. The van der Waals surface area contributed by atoms with Crippen LogP contribution in [0.5, 0.6) is 0 Å². The number of hydrogen-bond acceptors (Lipinski definition) is 1. The zero-order chi connectivity index (χ0) is 10.7. The SMILES string of the molecule is Br.C[N+]1(Cc2ccccc2)CCC(=O)CC1. The molecule has 0 N–H and O–H groups in total. The molecule has 0 bridgehead atoms. The first-order valence-corrected chi connectivity index (χ1v) is 5.57. The van der Waals surface area contributed by atoms with E-state index in [1.165, 1.54) is 5.56 Å². The highest BCUT2D eigenvalue weighted by Crippen LogP contribution is 2.18. The van der Waals surface area contributed by atoms with Gasteiger partial charge in [-0.25, -0.2) is 0 Å². The lowest BCUT2D eigenvalue weighted by Crippen LogP contribution is -2.49. The molecule has 1 aromatic carbocycles. The molecule has 0 atom stereocenters. The molecule has 1 aliphatic heterocycles. The van der Waals surface area contributed by atoms with Crippen LogP contribution in [0.3, 0.4) is 0 Å². The van der Waals surface area contributed by atoms with Gasteiger partial charge in [0, 0.05) is 5.56 Å². The summed E-state index contributed by atoms with van der Waals surface area (Å²) in [4.78, 5) is 11.2. The summed E-state index contributed by atoms with van der Waals surface area (Å²) in [5, 5.41) is 0. The molecule has 0 aromatic heterocycles. The van der Waals surface area contributed by atoms with E-state index in [0.717, 1.165) is 37.0 Å². The highest BCUT2D eigenvalue weighted by atomic mass is 79.9. The Morgan fingerprint density at radius 2 is 1.69 bits per heavy atom. The first-order chi connectivity index (χ1) is 7.18. The molecule has 0 saturated carbocycles. The molecule has 1 fully saturated rings. The van der Waals surface area contributed by atoms with Gasteiger partial charge in [-0.05, 0) is 0 Å². The number of nitrogens with zero attached hydrogens (tertiary/aromatic N) is 1. The quantitative estimate of drug-likeness (QED) is 0.763. The molecular formula is C13H19BrNO+. The van der Waals surface area contributed by atoms with Gasteiger partial charge in [-0.2, -0.15) is 0 Å². The Morgan fingerprint density at radius 3 is 2.25 bits per heavy atom. The fourth-order valence-electron chi connectivity index (χ4n) is 2.21. The second-order valence-electron chi connectivity index (χ2n) is 4.75. The smallest absolute Gasteiger partial charge is 0.144 e. The molecule has 1 heterocycles. The summed E-state index contributed by atoms with van der Waals surface area (Å²) in [5.41, 5.74) is 1.37. The number of hydrogen-bond donors (Lipinski definition) is 0. The van der Waals surface area contributed by atoms with E-state index < -0.39 is 0 Å². The molecule has 0 unspecified atom stereocenters. The lowest BCUT2D eigenvalue weighted by molar-refractivity contribution is -0.923. The van der Waals surface area contributed by atoms with Gasteiger partial charge in [0.1, 0.15) is 12.3 Å². The Labute approximate surface area is 108 Å². The zero-order valence-corrected chi connectivity index (χ0v) is 11.4.